The van der Waals surface area contributed by atoms with Crippen LogP contribution in [0.15, 0.2) is 5.28 Å². The maximum Gasteiger partial charge on any atom is 1.00 e. The first kappa shape index (κ1) is 15.9. The zero-order valence-corrected chi connectivity index (χ0v) is 11.3. The summed E-state index contributed by atoms with van der Waals surface area (Å²) in [6.07, 6.45) is -0.760. The van der Waals surface area contributed by atoms with E-state index in [0.717, 1.165) is 0 Å². The second kappa shape index (κ2) is 8.04. The maximum absolute atomic E-state index is 10.8. The normalized spacial score (nSPS) is 20.4. The molecule has 0 aliphatic carbocycles. The molecule has 1 atom stereocenters. The quantitative estimate of drug-likeness (QED) is 0.222. The van der Waals surface area contributed by atoms with E-state index >= 15 is 0 Å². The Balaban J connectivity index is 0.00000225. The van der Waals surface area contributed by atoms with Crippen LogP contribution in [0.3, 0.4) is 0 Å². The zero-order valence-electron chi connectivity index (χ0n) is 9.32. The van der Waals surface area contributed by atoms with E-state index in [0.29, 0.717) is 32.7 Å². The van der Waals surface area contributed by atoms with Gasteiger partial charge in [0.2, 0.25) is 0 Å². The van der Waals surface area contributed by atoms with Crippen molar-refractivity contribution in [2.24, 2.45) is 5.28 Å². The fraction of sp³-hybridized carbons (Fsp3) is 1.00. The van der Waals surface area contributed by atoms with Gasteiger partial charge in [-0.25, -0.2) is 0 Å². The molecule has 0 amide bonds. The summed E-state index contributed by atoms with van der Waals surface area (Å²) in [7, 11) is 0. The van der Waals surface area contributed by atoms with E-state index < -0.39 is 6.10 Å². The molecule has 0 radical (unpaired) electrons. The summed E-state index contributed by atoms with van der Waals surface area (Å²) in [6.45, 7) is 2.01. The Bertz CT molecular complexity index is 222. The predicted molar refractivity (Wildman–Crippen MR) is 50.5 cm³/mol. The summed E-state index contributed by atoms with van der Waals surface area (Å²) >= 11 is 0. The van der Waals surface area contributed by atoms with Crippen LogP contribution in [0, 0.1) is 10.4 Å². The molecular weight excluding hydrogens is 227 g/mol. The van der Waals surface area contributed by atoms with Gasteiger partial charge in [0.05, 0.1) is 25.8 Å². The van der Waals surface area contributed by atoms with Crippen LogP contribution in [0.4, 0.5) is 0 Å². The third-order valence-electron chi connectivity index (χ3n) is 2.34. The Kier molecular flexibility index (Phi) is 7.98. The minimum Gasteiger partial charge on any atom is -0.737 e. The van der Waals surface area contributed by atoms with Gasteiger partial charge in [-0.3, -0.25) is 4.90 Å². The Labute approximate surface area is 116 Å². The van der Waals surface area contributed by atoms with Gasteiger partial charge in [-0.15, -0.1) is 5.01 Å². The number of rotatable bonds is 4. The molecule has 1 aliphatic heterocycles. The van der Waals surface area contributed by atoms with Gasteiger partial charge in [0.1, 0.15) is 0 Å². The molecular formula is C7H15N4NaO4. The average Bonchev–Trinajstić information content (AvgIpc) is 2.29. The zero-order chi connectivity index (χ0) is 11.3. The maximum atomic E-state index is 10.8. The van der Waals surface area contributed by atoms with E-state index in [9.17, 15) is 15.5 Å². The number of hydrazine groups is 1. The number of aliphatic hydroxyl groups is 2. The number of piperazine rings is 1. The number of hydrogen-bond donors (Lipinski definition) is 2. The van der Waals surface area contributed by atoms with Gasteiger partial charge in [0.15, 0.2) is 0 Å². The summed E-state index contributed by atoms with van der Waals surface area (Å²) in [5.74, 6) is 0. The minimum atomic E-state index is -0.760. The topological polar surface area (TPSA) is 108 Å². The summed E-state index contributed by atoms with van der Waals surface area (Å²) in [6, 6.07) is 0. The molecule has 0 aromatic rings. The molecule has 0 bridgehead atoms. The van der Waals surface area contributed by atoms with E-state index in [1.165, 1.54) is 5.01 Å². The fourth-order valence-electron chi connectivity index (χ4n) is 1.50. The molecule has 1 unspecified atom stereocenters. The number of β-amino-alcohol motifs (C(OH)–C–C–N with tert-alkyl or cyclic N) is 1. The van der Waals surface area contributed by atoms with Gasteiger partial charge in [0.25, 0.3) is 0 Å². The van der Waals surface area contributed by atoms with Crippen molar-refractivity contribution in [3.8, 4) is 0 Å². The van der Waals surface area contributed by atoms with E-state index in [4.69, 9.17) is 5.11 Å². The number of hydrogen-bond acceptors (Lipinski definition) is 6. The van der Waals surface area contributed by atoms with Gasteiger partial charge < -0.3 is 20.6 Å². The van der Waals surface area contributed by atoms with Crippen LogP contribution in [0.5, 0.6) is 0 Å². The van der Waals surface area contributed by atoms with Gasteiger partial charge in [-0.1, -0.05) is 0 Å². The summed E-state index contributed by atoms with van der Waals surface area (Å²) in [4.78, 5) is 1.95. The van der Waals surface area contributed by atoms with Gasteiger partial charge in [0, 0.05) is 24.6 Å². The van der Waals surface area contributed by atoms with Gasteiger partial charge in [-0.05, 0) is 5.28 Å². The second-order valence-corrected chi connectivity index (χ2v) is 3.43. The summed E-state index contributed by atoms with van der Waals surface area (Å²) < 4.78 is 0. The molecule has 1 heterocycles. The number of nitrogens with zero attached hydrogens (tertiary/aromatic N) is 4. The standard InChI is InChI=1S/C7H16N4O4.Na/c12-6-7(13)5-9-1-3-10(4-2-9)11(15)8-14;/h7,12-14H,1-6H2;/q;+1/p-1/b11-8+;. The third-order valence-corrected chi connectivity index (χ3v) is 2.34. The van der Waals surface area contributed by atoms with Crippen LogP contribution in [-0.2, 0) is 0 Å². The van der Waals surface area contributed by atoms with Crippen molar-refractivity contribution in [3.05, 3.63) is 10.4 Å². The van der Waals surface area contributed by atoms with Crippen LogP contribution in [0.2, 0.25) is 0 Å². The van der Waals surface area contributed by atoms with Crippen molar-refractivity contribution in [2.75, 3.05) is 39.3 Å². The molecule has 0 aromatic carbocycles. The van der Waals surface area contributed by atoms with Crippen molar-refractivity contribution in [1.29, 1.82) is 0 Å². The average molecular weight is 242 g/mol. The molecule has 2 N–H and O–H groups in total. The van der Waals surface area contributed by atoms with Gasteiger partial charge in [-0.2, -0.15) is 0 Å². The van der Waals surface area contributed by atoms with Crippen LogP contribution >= 0.6 is 0 Å². The molecule has 16 heavy (non-hydrogen) atoms. The fourth-order valence-corrected chi connectivity index (χ4v) is 1.50. The molecule has 88 valence electrons. The Morgan fingerprint density at radius 1 is 1.31 bits per heavy atom. The van der Waals surface area contributed by atoms with E-state index in [1.807, 2.05) is 4.90 Å². The first-order chi connectivity index (χ1) is 7.17. The molecule has 1 saturated heterocycles. The molecule has 1 aliphatic rings. The van der Waals surface area contributed by atoms with Crippen molar-refractivity contribution in [1.82, 2.24) is 9.91 Å². The molecule has 1 fully saturated rings. The summed E-state index contributed by atoms with van der Waals surface area (Å²) in [5, 5.41) is 42.1. The summed E-state index contributed by atoms with van der Waals surface area (Å²) in [5.41, 5.74) is 0. The van der Waals surface area contributed by atoms with Gasteiger partial charge >= 0.3 is 29.6 Å². The Morgan fingerprint density at radius 3 is 2.31 bits per heavy atom. The molecule has 0 saturated carbocycles. The SMILES string of the molecule is [Na+].[O-]/N=[N+](/[O-])N1CCN(CC(O)CO)CC1. The largest absolute Gasteiger partial charge is 1.00 e. The first-order valence-electron chi connectivity index (χ1n) is 4.74. The van der Waals surface area contributed by atoms with E-state index in [-0.39, 0.29) is 41.1 Å². The molecule has 0 spiro atoms. The second-order valence-electron chi connectivity index (χ2n) is 3.43. The molecule has 8 nitrogen and oxygen atoms in total. The monoisotopic (exact) mass is 242 g/mol. The molecule has 1 rings (SSSR count). The Morgan fingerprint density at radius 2 is 1.88 bits per heavy atom. The van der Waals surface area contributed by atoms with E-state index in [2.05, 4.69) is 5.28 Å². The minimum absolute atomic E-state index is 0. The van der Waals surface area contributed by atoms with Crippen molar-refractivity contribution < 1.29 is 44.7 Å². The van der Waals surface area contributed by atoms with Crippen molar-refractivity contribution >= 4 is 0 Å². The van der Waals surface area contributed by atoms with E-state index in [1.54, 1.807) is 0 Å². The van der Waals surface area contributed by atoms with Crippen LogP contribution in [0.1, 0.15) is 0 Å². The smallest absolute Gasteiger partial charge is 0.737 e. The first-order valence-corrected chi connectivity index (χ1v) is 4.74. The Hall–Kier alpha value is -0.120. The predicted octanol–water partition coefficient (Wildman–Crippen LogP) is -4.66. The van der Waals surface area contributed by atoms with Crippen molar-refractivity contribution in [3.63, 3.8) is 0 Å². The van der Waals surface area contributed by atoms with Crippen LogP contribution in [0.25, 0.3) is 0 Å². The molecule has 9 heteroatoms. The van der Waals surface area contributed by atoms with Crippen LogP contribution in [-0.4, -0.2) is 70.5 Å². The molecule has 0 aromatic heterocycles. The van der Waals surface area contributed by atoms with Crippen LogP contribution < -0.4 is 29.6 Å². The number of aliphatic hydroxyl groups excluding tert-OH is 2. The third kappa shape index (κ3) is 4.81. The van der Waals surface area contributed by atoms with Crippen molar-refractivity contribution in [2.45, 2.75) is 6.10 Å².